The van der Waals surface area contributed by atoms with Crippen molar-refractivity contribution in [1.29, 1.82) is 0 Å². The van der Waals surface area contributed by atoms with Gasteiger partial charge in [0.25, 0.3) is 0 Å². The minimum absolute atomic E-state index is 0.0893. The molecule has 0 aromatic carbocycles. The van der Waals surface area contributed by atoms with E-state index in [1.54, 1.807) is 0 Å². The summed E-state index contributed by atoms with van der Waals surface area (Å²) in [6, 6.07) is -0.350. The number of carbonyl (C=O) groups is 2. The van der Waals surface area contributed by atoms with Crippen LogP contribution in [0.2, 0.25) is 0 Å². The Labute approximate surface area is 179 Å². The van der Waals surface area contributed by atoms with Gasteiger partial charge in [-0.15, -0.1) is 0 Å². The van der Waals surface area contributed by atoms with Gasteiger partial charge in [0.15, 0.2) is 0 Å². The molecular formula is C21H35BN2O6. The molecule has 0 radical (unpaired) electrons. The van der Waals surface area contributed by atoms with E-state index in [4.69, 9.17) is 14.0 Å². The summed E-state index contributed by atoms with van der Waals surface area (Å²) in [5, 5.41) is 9.20. The summed E-state index contributed by atoms with van der Waals surface area (Å²) in [5.74, 6) is -0.120. The third kappa shape index (κ3) is 4.68. The average molecular weight is 422 g/mol. The van der Waals surface area contributed by atoms with Gasteiger partial charge in [0.05, 0.1) is 17.8 Å². The number of carboxylic acid groups (broad SMARTS) is 1. The van der Waals surface area contributed by atoms with Gasteiger partial charge in [-0.25, -0.2) is 4.79 Å². The van der Waals surface area contributed by atoms with Crippen LogP contribution in [0.3, 0.4) is 0 Å². The van der Waals surface area contributed by atoms with Crippen molar-refractivity contribution in [3.05, 3.63) is 11.5 Å². The maximum Gasteiger partial charge on any atom is 0.490 e. The second-order valence-corrected chi connectivity index (χ2v) is 9.42. The summed E-state index contributed by atoms with van der Waals surface area (Å²) < 4.78 is 17.7. The molecule has 0 aromatic heterocycles. The van der Waals surface area contributed by atoms with Gasteiger partial charge in [-0.2, -0.15) is 0 Å². The van der Waals surface area contributed by atoms with Crippen molar-refractivity contribution in [3.63, 3.8) is 0 Å². The largest absolute Gasteiger partial charge is 0.490 e. The van der Waals surface area contributed by atoms with Gasteiger partial charge in [-0.3, -0.25) is 9.69 Å². The Morgan fingerprint density at radius 3 is 2.27 bits per heavy atom. The van der Waals surface area contributed by atoms with E-state index in [1.165, 1.54) is 4.90 Å². The number of amides is 1. The predicted octanol–water partition coefficient (Wildman–Crippen LogP) is 2.57. The van der Waals surface area contributed by atoms with E-state index < -0.39 is 6.09 Å². The molecule has 1 N–H and O–H groups in total. The molecular weight excluding hydrogens is 387 g/mol. The first-order chi connectivity index (χ1) is 14.1. The Kier molecular flexibility index (Phi) is 6.84. The average Bonchev–Trinajstić information content (AvgIpc) is 2.90. The number of hydrogen-bond donors (Lipinski definition) is 1. The molecule has 2 fully saturated rings. The van der Waals surface area contributed by atoms with Crippen molar-refractivity contribution in [3.8, 4) is 0 Å². The zero-order chi connectivity index (χ0) is 22.1. The number of esters is 1. The van der Waals surface area contributed by atoms with Crippen molar-refractivity contribution in [1.82, 2.24) is 9.80 Å². The lowest BCUT2D eigenvalue weighted by Gasteiger charge is -2.40. The standard InChI is InChI=1S/C21H35BN2O6/c1-6-28-18(25)17(15-7-11-24(12-8-15)19(26)27)23-13-9-16(10-14-23)22-29-20(2,3)21(4,5)30-22/h9,15,17H,6-8,10-14H2,1-5H3,(H,26,27). The predicted molar refractivity (Wildman–Crippen MR) is 113 cm³/mol. The highest BCUT2D eigenvalue weighted by Gasteiger charge is 2.52. The molecule has 3 rings (SSSR count). The van der Waals surface area contributed by atoms with Crippen molar-refractivity contribution < 1.29 is 28.7 Å². The van der Waals surface area contributed by atoms with Crippen LogP contribution in [-0.4, -0.2) is 84.1 Å². The summed E-state index contributed by atoms with van der Waals surface area (Å²) in [7, 11) is -0.350. The van der Waals surface area contributed by atoms with Gasteiger partial charge < -0.3 is 24.1 Å². The summed E-state index contributed by atoms with van der Waals surface area (Å²) >= 11 is 0. The van der Waals surface area contributed by atoms with E-state index in [1.807, 2.05) is 34.6 Å². The number of rotatable bonds is 5. The zero-order valence-corrected chi connectivity index (χ0v) is 18.8. The summed E-state index contributed by atoms with van der Waals surface area (Å²) in [5.41, 5.74) is 0.371. The van der Waals surface area contributed by atoms with Crippen LogP contribution in [0.15, 0.2) is 11.5 Å². The van der Waals surface area contributed by atoms with Crippen molar-refractivity contribution in [2.24, 2.45) is 5.92 Å². The van der Waals surface area contributed by atoms with Gasteiger partial charge in [0, 0.05) is 26.2 Å². The highest BCUT2D eigenvalue weighted by atomic mass is 16.7. The monoisotopic (exact) mass is 422 g/mol. The zero-order valence-electron chi connectivity index (χ0n) is 18.8. The van der Waals surface area contributed by atoms with E-state index >= 15 is 0 Å². The van der Waals surface area contributed by atoms with Crippen LogP contribution < -0.4 is 0 Å². The number of carbonyl (C=O) groups excluding carboxylic acids is 1. The fourth-order valence-corrected chi connectivity index (χ4v) is 4.44. The molecule has 0 aliphatic carbocycles. The molecule has 9 heteroatoms. The first kappa shape index (κ1) is 23.1. The van der Waals surface area contributed by atoms with Crippen LogP contribution in [0.1, 0.15) is 53.9 Å². The maximum atomic E-state index is 12.8. The maximum absolute atomic E-state index is 12.8. The van der Waals surface area contributed by atoms with Crippen LogP contribution in [0.5, 0.6) is 0 Å². The fraction of sp³-hybridized carbons (Fsp3) is 0.810. The van der Waals surface area contributed by atoms with Crippen molar-refractivity contribution >= 4 is 19.2 Å². The molecule has 0 aromatic rings. The Hall–Kier alpha value is -1.58. The Balaban J connectivity index is 1.68. The highest BCUT2D eigenvalue weighted by Crippen LogP contribution is 2.39. The van der Waals surface area contributed by atoms with Crippen molar-refractivity contribution in [2.75, 3.05) is 32.8 Å². The van der Waals surface area contributed by atoms with Crippen molar-refractivity contribution in [2.45, 2.75) is 71.1 Å². The summed E-state index contributed by atoms with van der Waals surface area (Å²) in [6.07, 6.45) is 3.32. The molecule has 1 atom stereocenters. The van der Waals surface area contributed by atoms with Gasteiger partial charge >= 0.3 is 19.2 Å². The molecule has 8 nitrogen and oxygen atoms in total. The summed E-state index contributed by atoms with van der Waals surface area (Å²) in [4.78, 5) is 27.6. The van der Waals surface area contributed by atoms with Crippen LogP contribution in [-0.2, 0) is 18.8 Å². The Bertz CT molecular complexity index is 671. The smallest absolute Gasteiger partial charge is 0.465 e. The molecule has 168 valence electrons. The third-order valence-corrected chi connectivity index (χ3v) is 7.01. The van der Waals surface area contributed by atoms with Crippen LogP contribution in [0, 0.1) is 5.92 Å². The Morgan fingerprint density at radius 2 is 1.80 bits per heavy atom. The number of ether oxygens (including phenoxy) is 1. The second kappa shape index (κ2) is 8.89. The van der Waals surface area contributed by atoms with Gasteiger partial charge in [-0.1, -0.05) is 6.08 Å². The lowest BCUT2D eigenvalue weighted by atomic mass is 9.74. The third-order valence-electron chi connectivity index (χ3n) is 7.01. The second-order valence-electron chi connectivity index (χ2n) is 9.42. The molecule has 1 amide bonds. The first-order valence-corrected chi connectivity index (χ1v) is 11.0. The quantitative estimate of drug-likeness (QED) is 0.538. The normalized spacial score (nSPS) is 25.7. The van der Waals surface area contributed by atoms with Crippen LogP contribution in [0.4, 0.5) is 4.79 Å². The molecule has 0 spiro atoms. The SMILES string of the molecule is CCOC(=O)C(C1CCN(C(=O)O)CC1)N1CC=C(B2OC(C)(C)C(C)(C)O2)CC1. The molecule has 3 aliphatic heterocycles. The molecule has 3 heterocycles. The molecule has 0 saturated carbocycles. The summed E-state index contributed by atoms with van der Waals surface area (Å²) in [6.45, 7) is 12.6. The fourth-order valence-electron chi connectivity index (χ4n) is 4.44. The Morgan fingerprint density at radius 1 is 1.20 bits per heavy atom. The first-order valence-electron chi connectivity index (χ1n) is 11.0. The topological polar surface area (TPSA) is 88.5 Å². The molecule has 2 saturated heterocycles. The molecule has 0 bridgehead atoms. The lowest BCUT2D eigenvalue weighted by Crippen LogP contribution is -2.52. The minimum atomic E-state index is -0.894. The molecule has 3 aliphatic rings. The molecule has 30 heavy (non-hydrogen) atoms. The van der Waals surface area contributed by atoms with Gasteiger partial charge in [0.1, 0.15) is 6.04 Å². The van der Waals surface area contributed by atoms with Gasteiger partial charge in [-0.05, 0) is 65.3 Å². The highest BCUT2D eigenvalue weighted by molar-refractivity contribution is 6.54. The van der Waals surface area contributed by atoms with E-state index in [9.17, 15) is 14.7 Å². The number of hydrogen-bond acceptors (Lipinski definition) is 6. The number of likely N-dealkylation sites (tertiary alicyclic amines) is 1. The number of piperidine rings is 1. The van der Waals surface area contributed by atoms with E-state index in [-0.39, 0.29) is 36.2 Å². The molecule has 1 unspecified atom stereocenters. The van der Waals surface area contributed by atoms with E-state index in [0.29, 0.717) is 39.1 Å². The van der Waals surface area contributed by atoms with E-state index in [0.717, 1.165) is 18.4 Å². The van der Waals surface area contributed by atoms with E-state index in [2.05, 4.69) is 11.0 Å². The van der Waals surface area contributed by atoms with Crippen LogP contribution >= 0.6 is 0 Å². The number of nitrogens with zero attached hydrogens (tertiary/aromatic N) is 2. The lowest BCUT2D eigenvalue weighted by molar-refractivity contribution is -0.152. The minimum Gasteiger partial charge on any atom is -0.465 e. The van der Waals surface area contributed by atoms with Crippen LogP contribution in [0.25, 0.3) is 0 Å². The van der Waals surface area contributed by atoms with Gasteiger partial charge in [0.2, 0.25) is 0 Å².